The Hall–Kier alpha value is -0.870. The zero-order valence-corrected chi connectivity index (χ0v) is 10.7. The fourth-order valence-corrected chi connectivity index (χ4v) is 2.52. The molecule has 1 aromatic carbocycles. The van der Waals surface area contributed by atoms with Gasteiger partial charge >= 0.3 is 0 Å². The fourth-order valence-electron chi connectivity index (χ4n) is 1.38. The Morgan fingerprint density at radius 3 is 2.50 bits per heavy atom. The number of hydrogen-bond acceptors (Lipinski definition) is 3. The topological polar surface area (TPSA) is 38.3 Å². The maximum Gasteiger partial charge on any atom is 0.118 e. The molecule has 1 aromatic rings. The maximum absolute atomic E-state index is 11.9. The normalized spacial score (nSPS) is 12.4. The molecule has 0 fully saturated rings. The smallest absolute Gasteiger partial charge is 0.118 e. The Morgan fingerprint density at radius 1 is 1.25 bits per heavy atom. The summed E-state index contributed by atoms with van der Waals surface area (Å²) in [5.41, 5.74) is 0. The van der Waals surface area contributed by atoms with Crippen molar-refractivity contribution in [3.8, 4) is 5.75 Å². The third kappa shape index (κ3) is 4.33. The summed E-state index contributed by atoms with van der Waals surface area (Å²) in [6, 6.07) is 7.43. The van der Waals surface area contributed by atoms with E-state index in [0.717, 1.165) is 35.8 Å². The van der Waals surface area contributed by atoms with E-state index in [1.54, 1.807) is 7.11 Å². The zero-order chi connectivity index (χ0) is 11.8. The Kier molecular flexibility index (Phi) is 6.11. The molecule has 0 bridgehead atoms. The molecule has 4 heteroatoms. The second-order valence-corrected chi connectivity index (χ2v) is 5.11. The summed E-state index contributed by atoms with van der Waals surface area (Å²) >= 11 is 0. The fraction of sp³-hybridized carbons (Fsp3) is 0.500. The number of unbranched alkanes of at least 4 members (excludes halogenated alkanes) is 1. The molecular weight excluding hydrogens is 222 g/mol. The predicted octanol–water partition coefficient (Wildman–Crippen LogP) is 1.80. The number of ether oxygens (including phenoxy) is 1. The lowest BCUT2D eigenvalue weighted by atomic mass is 10.3. The molecule has 1 atom stereocenters. The number of benzene rings is 1. The molecule has 0 spiro atoms. The van der Waals surface area contributed by atoms with Crippen LogP contribution in [0.15, 0.2) is 29.2 Å². The van der Waals surface area contributed by atoms with E-state index in [0.29, 0.717) is 0 Å². The number of hydrogen-bond donors (Lipinski definition) is 1. The van der Waals surface area contributed by atoms with E-state index in [-0.39, 0.29) is 0 Å². The molecule has 16 heavy (non-hydrogen) atoms. The molecule has 1 rings (SSSR count). The molecule has 1 N–H and O–H groups in total. The van der Waals surface area contributed by atoms with E-state index < -0.39 is 10.8 Å². The highest BCUT2D eigenvalue weighted by molar-refractivity contribution is 7.85. The van der Waals surface area contributed by atoms with E-state index in [2.05, 4.69) is 5.32 Å². The average Bonchev–Trinajstić information content (AvgIpc) is 2.34. The minimum absolute atomic E-state index is 0.730. The molecule has 0 saturated carbocycles. The third-order valence-electron chi connectivity index (χ3n) is 2.33. The number of rotatable bonds is 7. The molecule has 0 aromatic heterocycles. The van der Waals surface area contributed by atoms with Gasteiger partial charge in [0, 0.05) is 10.6 Å². The van der Waals surface area contributed by atoms with Crippen molar-refractivity contribution in [2.75, 3.05) is 26.5 Å². The molecule has 0 aliphatic rings. The Balaban J connectivity index is 2.40. The second-order valence-electron chi connectivity index (χ2n) is 3.54. The minimum atomic E-state index is -0.880. The van der Waals surface area contributed by atoms with Crippen LogP contribution in [0.2, 0.25) is 0 Å². The van der Waals surface area contributed by atoms with Crippen LogP contribution in [-0.2, 0) is 10.8 Å². The average molecular weight is 241 g/mol. The lowest BCUT2D eigenvalue weighted by molar-refractivity contribution is 0.414. The van der Waals surface area contributed by atoms with Gasteiger partial charge in [0.25, 0.3) is 0 Å². The van der Waals surface area contributed by atoms with Gasteiger partial charge in [-0.2, -0.15) is 0 Å². The van der Waals surface area contributed by atoms with Crippen LogP contribution in [0, 0.1) is 0 Å². The molecule has 90 valence electrons. The largest absolute Gasteiger partial charge is 0.497 e. The van der Waals surface area contributed by atoms with Gasteiger partial charge in [-0.15, -0.1) is 0 Å². The Morgan fingerprint density at radius 2 is 1.94 bits per heavy atom. The molecule has 0 saturated heterocycles. The molecule has 3 nitrogen and oxygen atoms in total. The first-order chi connectivity index (χ1) is 7.77. The van der Waals surface area contributed by atoms with Crippen LogP contribution in [0.25, 0.3) is 0 Å². The van der Waals surface area contributed by atoms with Crippen LogP contribution in [0.4, 0.5) is 0 Å². The number of nitrogens with one attached hydrogen (secondary N) is 1. The van der Waals surface area contributed by atoms with Crippen LogP contribution < -0.4 is 10.1 Å². The van der Waals surface area contributed by atoms with Crippen LogP contribution in [-0.4, -0.2) is 30.7 Å². The van der Waals surface area contributed by atoms with Gasteiger partial charge < -0.3 is 10.1 Å². The van der Waals surface area contributed by atoms with Crippen molar-refractivity contribution in [1.29, 1.82) is 0 Å². The molecule has 0 radical (unpaired) electrons. The first-order valence-corrected chi connectivity index (χ1v) is 6.77. The van der Waals surface area contributed by atoms with Crippen molar-refractivity contribution < 1.29 is 8.95 Å². The van der Waals surface area contributed by atoms with Crippen LogP contribution >= 0.6 is 0 Å². The Labute approximate surface area is 99.7 Å². The maximum atomic E-state index is 11.9. The van der Waals surface area contributed by atoms with Crippen LogP contribution in [0.1, 0.15) is 12.8 Å². The minimum Gasteiger partial charge on any atom is -0.497 e. The van der Waals surface area contributed by atoms with Crippen LogP contribution in [0.3, 0.4) is 0 Å². The van der Waals surface area contributed by atoms with Gasteiger partial charge in [-0.1, -0.05) is 0 Å². The van der Waals surface area contributed by atoms with E-state index >= 15 is 0 Å². The molecule has 1 unspecified atom stereocenters. The molecule has 0 aliphatic heterocycles. The quantitative estimate of drug-likeness (QED) is 0.740. The summed E-state index contributed by atoms with van der Waals surface area (Å²) in [6.45, 7) is 0.986. The summed E-state index contributed by atoms with van der Waals surface area (Å²) < 4.78 is 16.9. The van der Waals surface area contributed by atoms with Gasteiger partial charge in [0.15, 0.2) is 0 Å². The molecule has 0 heterocycles. The molecule has 0 amide bonds. The van der Waals surface area contributed by atoms with Crippen LogP contribution in [0.5, 0.6) is 5.75 Å². The van der Waals surface area contributed by atoms with Crippen molar-refractivity contribution in [3.63, 3.8) is 0 Å². The summed E-state index contributed by atoms with van der Waals surface area (Å²) in [5, 5.41) is 3.08. The Bertz CT molecular complexity index is 324. The highest BCUT2D eigenvalue weighted by Crippen LogP contribution is 2.14. The van der Waals surface area contributed by atoms with Gasteiger partial charge in [-0.25, -0.2) is 0 Å². The van der Waals surface area contributed by atoms with Crippen molar-refractivity contribution >= 4 is 10.8 Å². The molecular formula is C12H19NO2S. The third-order valence-corrected chi connectivity index (χ3v) is 3.79. The van der Waals surface area contributed by atoms with Gasteiger partial charge in [0.2, 0.25) is 0 Å². The lowest BCUT2D eigenvalue weighted by Crippen LogP contribution is -2.09. The first-order valence-electron chi connectivity index (χ1n) is 5.45. The van der Waals surface area contributed by atoms with E-state index in [4.69, 9.17) is 4.74 Å². The highest BCUT2D eigenvalue weighted by atomic mass is 32.2. The van der Waals surface area contributed by atoms with Gasteiger partial charge in [-0.3, -0.25) is 4.21 Å². The van der Waals surface area contributed by atoms with E-state index in [1.165, 1.54) is 0 Å². The van der Waals surface area contributed by atoms with Crippen molar-refractivity contribution in [1.82, 2.24) is 5.32 Å². The van der Waals surface area contributed by atoms with Gasteiger partial charge in [-0.05, 0) is 50.7 Å². The van der Waals surface area contributed by atoms with Crippen molar-refractivity contribution in [2.45, 2.75) is 17.7 Å². The van der Waals surface area contributed by atoms with E-state index in [9.17, 15) is 4.21 Å². The summed E-state index contributed by atoms with van der Waals surface area (Å²) in [4.78, 5) is 0.880. The van der Waals surface area contributed by atoms with Crippen molar-refractivity contribution in [3.05, 3.63) is 24.3 Å². The van der Waals surface area contributed by atoms with Crippen molar-refractivity contribution in [2.24, 2.45) is 0 Å². The highest BCUT2D eigenvalue weighted by Gasteiger charge is 2.03. The van der Waals surface area contributed by atoms with Gasteiger partial charge in [0.05, 0.1) is 17.9 Å². The first kappa shape index (κ1) is 13.2. The summed E-state index contributed by atoms with van der Waals surface area (Å²) in [5.74, 6) is 1.53. The monoisotopic (exact) mass is 241 g/mol. The SMILES string of the molecule is CNCCCCS(=O)c1ccc(OC)cc1. The van der Waals surface area contributed by atoms with E-state index in [1.807, 2.05) is 31.3 Å². The zero-order valence-electron chi connectivity index (χ0n) is 9.86. The van der Waals surface area contributed by atoms with Gasteiger partial charge in [0.1, 0.15) is 5.75 Å². The molecule has 0 aliphatic carbocycles. The summed E-state index contributed by atoms with van der Waals surface area (Å²) in [7, 11) is 2.68. The summed E-state index contributed by atoms with van der Waals surface area (Å²) in [6.07, 6.45) is 2.05. The number of methoxy groups -OCH3 is 1. The second kappa shape index (κ2) is 7.41. The standard InChI is InChI=1S/C12H19NO2S/c1-13-9-3-4-10-16(14)12-7-5-11(15-2)6-8-12/h5-8,13H,3-4,9-10H2,1-2H3. The lowest BCUT2D eigenvalue weighted by Gasteiger charge is -2.04. The predicted molar refractivity (Wildman–Crippen MR) is 67.4 cm³/mol.